The summed E-state index contributed by atoms with van der Waals surface area (Å²) in [6, 6.07) is 3.80. The Kier molecular flexibility index (Phi) is 2.44. The first kappa shape index (κ1) is 9.49. The largest absolute Gasteiger partial charge is 0.508 e. The molecule has 2 rings (SSSR count). The van der Waals surface area contributed by atoms with Crippen LogP contribution in [0.4, 0.5) is 0 Å². The summed E-state index contributed by atoms with van der Waals surface area (Å²) in [4.78, 5) is 0. The van der Waals surface area contributed by atoms with Crippen LogP contribution in [0.15, 0.2) is 12.1 Å². The van der Waals surface area contributed by atoms with Gasteiger partial charge >= 0.3 is 0 Å². The molecular formula is C11H15NO2. The van der Waals surface area contributed by atoms with Crippen molar-refractivity contribution in [2.75, 3.05) is 6.54 Å². The summed E-state index contributed by atoms with van der Waals surface area (Å²) >= 11 is 0. The van der Waals surface area contributed by atoms with Crippen molar-refractivity contribution in [2.45, 2.75) is 26.1 Å². The summed E-state index contributed by atoms with van der Waals surface area (Å²) in [5, 5.41) is 9.77. The fourth-order valence-electron chi connectivity index (χ4n) is 1.76. The van der Waals surface area contributed by atoms with Crippen molar-refractivity contribution in [1.82, 2.24) is 0 Å². The predicted octanol–water partition coefficient (Wildman–Crippen LogP) is 1.48. The number of ether oxygens (including phenoxy) is 1. The molecule has 3 nitrogen and oxygen atoms in total. The van der Waals surface area contributed by atoms with E-state index in [0.717, 1.165) is 11.1 Å². The normalized spacial score (nSPS) is 16.7. The summed E-state index contributed by atoms with van der Waals surface area (Å²) in [6.07, 6.45) is 0. The van der Waals surface area contributed by atoms with Crippen LogP contribution in [-0.4, -0.2) is 11.7 Å². The highest BCUT2D eigenvalue weighted by atomic mass is 16.5. The Labute approximate surface area is 83.5 Å². The third-order valence-electron chi connectivity index (χ3n) is 2.75. The molecule has 0 saturated heterocycles. The van der Waals surface area contributed by atoms with E-state index in [1.165, 1.54) is 5.56 Å². The fraction of sp³-hybridized carbons (Fsp3) is 0.455. The number of hydrogen-bond donors (Lipinski definition) is 2. The Morgan fingerprint density at radius 1 is 1.43 bits per heavy atom. The molecule has 0 bridgehead atoms. The van der Waals surface area contributed by atoms with Gasteiger partial charge in [-0.1, -0.05) is 6.92 Å². The second-order valence-corrected chi connectivity index (χ2v) is 3.81. The quantitative estimate of drug-likeness (QED) is 0.748. The molecule has 0 radical (unpaired) electrons. The Bertz CT molecular complexity index is 349. The number of phenols is 1. The van der Waals surface area contributed by atoms with E-state index in [0.29, 0.717) is 25.5 Å². The van der Waals surface area contributed by atoms with Gasteiger partial charge in [-0.3, -0.25) is 0 Å². The molecule has 1 atom stereocenters. The number of aromatic hydroxyl groups is 1. The van der Waals surface area contributed by atoms with E-state index in [4.69, 9.17) is 10.5 Å². The molecule has 1 aliphatic rings. The average Bonchev–Trinajstić information content (AvgIpc) is 2.62. The maximum Gasteiger partial charge on any atom is 0.119 e. The molecule has 3 N–H and O–H groups in total. The topological polar surface area (TPSA) is 55.5 Å². The van der Waals surface area contributed by atoms with Crippen LogP contribution < -0.4 is 5.73 Å². The van der Waals surface area contributed by atoms with Crippen LogP contribution >= 0.6 is 0 Å². The molecule has 14 heavy (non-hydrogen) atoms. The van der Waals surface area contributed by atoms with Gasteiger partial charge in [-0.05, 0) is 41.3 Å². The van der Waals surface area contributed by atoms with Crippen LogP contribution in [0.2, 0.25) is 0 Å². The molecule has 0 saturated carbocycles. The minimum atomic E-state index is 0.195. The number of benzene rings is 1. The van der Waals surface area contributed by atoms with Gasteiger partial charge in [0, 0.05) is 0 Å². The van der Waals surface area contributed by atoms with Crippen molar-refractivity contribution < 1.29 is 9.84 Å². The first-order valence-electron chi connectivity index (χ1n) is 4.85. The maximum atomic E-state index is 9.77. The van der Waals surface area contributed by atoms with Crippen molar-refractivity contribution in [2.24, 2.45) is 5.73 Å². The van der Waals surface area contributed by atoms with Crippen molar-refractivity contribution >= 4 is 0 Å². The molecule has 1 unspecified atom stereocenters. The van der Waals surface area contributed by atoms with E-state index < -0.39 is 0 Å². The minimum absolute atomic E-state index is 0.195. The summed E-state index contributed by atoms with van der Waals surface area (Å²) < 4.78 is 5.30. The maximum absolute atomic E-state index is 9.77. The van der Waals surface area contributed by atoms with Crippen molar-refractivity contribution in [3.8, 4) is 5.75 Å². The number of phenolic OH excluding ortho intramolecular Hbond substituents is 1. The first-order valence-corrected chi connectivity index (χ1v) is 4.85. The minimum Gasteiger partial charge on any atom is -0.508 e. The Hall–Kier alpha value is -1.06. The lowest BCUT2D eigenvalue weighted by atomic mass is 9.96. The average molecular weight is 193 g/mol. The van der Waals surface area contributed by atoms with E-state index in [1.807, 2.05) is 13.0 Å². The van der Waals surface area contributed by atoms with Gasteiger partial charge in [0.1, 0.15) is 5.75 Å². The van der Waals surface area contributed by atoms with E-state index in [-0.39, 0.29) is 5.92 Å². The first-order chi connectivity index (χ1) is 6.72. The van der Waals surface area contributed by atoms with Crippen LogP contribution in [0.5, 0.6) is 5.75 Å². The van der Waals surface area contributed by atoms with Crippen molar-refractivity contribution in [3.05, 3.63) is 28.8 Å². The van der Waals surface area contributed by atoms with E-state index in [1.54, 1.807) is 6.07 Å². The fourth-order valence-corrected chi connectivity index (χ4v) is 1.76. The summed E-state index contributed by atoms with van der Waals surface area (Å²) in [5.74, 6) is 0.535. The van der Waals surface area contributed by atoms with Crippen LogP contribution in [0.25, 0.3) is 0 Å². The molecule has 1 aliphatic heterocycles. The monoisotopic (exact) mass is 193 g/mol. The smallest absolute Gasteiger partial charge is 0.119 e. The summed E-state index contributed by atoms with van der Waals surface area (Å²) in [6.45, 7) is 3.82. The molecule has 1 heterocycles. The highest BCUT2D eigenvalue weighted by Gasteiger charge is 2.17. The van der Waals surface area contributed by atoms with Gasteiger partial charge < -0.3 is 15.6 Å². The number of hydrogen-bond acceptors (Lipinski definition) is 3. The molecule has 0 amide bonds. The lowest BCUT2D eigenvalue weighted by Gasteiger charge is -2.12. The van der Waals surface area contributed by atoms with Crippen LogP contribution in [0, 0.1) is 0 Å². The van der Waals surface area contributed by atoms with Gasteiger partial charge in [0.2, 0.25) is 0 Å². The molecule has 76 valence electrons. The number of nitrogens with two attached hydrogens (primary N) is 1. The molecule has 0 aliphatic carbocycles. The number of fused-ring (bicyclic) bond motifs is 1. The van der Waals surface area contributed by atoms with Crippen molar-refractivity contribution in [1.29, 1.82) is 0 Å². The third-order valence-corrected chi connectivity index (χ3v) is 2.75. The summed E-state index contributed by atoms with van der Waals surface area (Å²) in [7, 11) is 0. The van der Waals surface area contributed by atoms with Gasteiger partial charge in [0.25, 0.3) is 0 Å². The molecular weight excluding hydrogens is 178 g/mol. The molecule has 0 spiro atoms. The van der Waals surface area contributed by atoms with Gasteiger partial charge in [-0.15, -0.1) is 0 Å². The summed E-state index contributed by atoms with van der Waals surface area (Å²) in [5.41, 5.74) is 8.78. The SMILES string of the molecule is CC(CN)c1cc2c(cc1O)COC2. The lowest BCUT2D eigenvalue weighted by Crippen LogP contribution is -2.09. The van der Waals surface area contributed by atoms with Crippen LogP contribution in [-0.2, 0) is 18.0 Å². The highest BCUT2D eigenvalue weighted by molar-refractivity contribution is 5.44. The van der Waals surface area contributed by atoms with Gasteiger partial charge in [-0.25, -0.2) is 0 Å². The van der Waals surface area contributed by atoms with Gasteiger partial charge in [0.05, 0.1) is 13.2 Å². The molecule has 1 aromatic rings. The zero-order valence-corrected chi connectivity index (χ0v) is 8.29. The molecule has 0 aromatic heterocycles. The standard InChI is InChI=1S/C11H15NO2/c1-7(4-12)10-2-8-5-14-6-9(8)3-11(10)13/h2-3,7,13H,4-6,12H2,1H3. The van der Waals surface area contributed by atoms with Gasteiger partial charge in [0.15, 0.2) is 0 Å². The highest BCUT2D eigenvalue weighted by Crippen LogP contribution is 2.31. The van der Waals surface area contributed by atoms with E-state index >= 15 is 0 Å². The van der Waals surface area contributed by atoms with Crippen molar-refractivity contribution in [3.63, 3.8) is 0 Å². The second-order valence-electron chi connectivity index (χ2n) is 3.81. The molecule has 1 aromatic carbocycles. The van der Waals surface area contributed by atoms with Gasteiger partial charge in [-0.2, -0.15) is 0 Å². The zero-order valence-electron chi connectivity index (χ0n) is 8.29. The van der Waals surface area contributed by atoms with Crippen LogP contribution in [0.3, 0.4) is 0 Å². The van der Waals surface area contributed by atoms with E-state index in [2.05, 4.69) is 0 Å². The lowest BCUT2D eigenvalue weighted by molar-refractivity contribution is 0.134. The molecule has 0 fully saturated rings. The zero-order chi connectivity index (χ0) is 10.1. The van der Waals surface area contributed by atoms with Crippen LogP contribution in [0.1, 0.15) is 29.5 Å². The predicted molar refractivity (Wildman–Crippen MR) is 54.1 cm³/mol. The molecule has 3 heteroatoms. The Morgan fingerprint density at radius 3 is 2.71 bits per heavy atom. The number of rotatable bonds is 2. The second kappa shape index (κ2) is 3.59. The van der Waals surface area contributed by atoms with E-state index in [9.17, 15) is 5.11 Å². The Morgan fingerprint density at radius 2 is 2.07 bits per heavy atom. The Balaban J connectivity index is 2.42. The third kappa shape index (κ3) is 1.49.